The van der Waals surface area contributed by atoms with Gasteiger partial charge in [0, 0.05) is 24.2 Å². The molecule has 0 bridgehead atoms. The summed E-state index contributed by atoms with van der Waals surface area (Å²) in [4.78, 5) is 8.56. The van der Waals surface area contributed by atoms with Crippen LogP contribution in [0.25, 0.3) is 0 Å². The van der Waals surface area contributed by atoms with Crippen molar-refractivity contribution in [2.24, 2.45) is 10.9 Å². The molecule has 1 aliphatic rings. The standard InChI is InChI=1S/C12H17N3S/c1-9(2)11-8-16-12(15-11)14-7-10-3-5-13-6-4-10/h3-6,9,11H,7-8H2,1-2H3,(H,14,15). The number of amidine groups is 1. The summed E-state index contributed by atoms with van der Waals surface area (Å²) in [7, 11) is 0. The lowest BCUT2D eigenvalue weighted by Crippen LogP contribution is -2.31. The first-order valence-electron chi connectivity index (χ1n) is 5.58. The van der Waals surface area contributed by atoms with E-state index in [2.05, 4.69) is 29.1 Å². The zero-order valence-corrected chi connectivity index (χ0v) is 10.5. The van der Waals surface area contributed by atoms with Crippen molar-refractivity contribution in [3.63, 3.8) is 0 Å². The highest BCUT2D eigenvalue weighted by molar-refractivity contribution is 8.14. The van der Waals surface area contributed by atoms with Gasteiger partial charge in [0.25, 0.3) is 0 Å². The molecule has 1 aliphatic heterocycles. The molecule has 0 amide bonds. The van der Waals surface area contributed by atoms with Gasteiger partial charge in [-0.25, -0.2) is 0 Å². The molecule has 0 aliphatic carbocycles. The van der Waals surface area contributed by atoms with Gasteiger partial charge in [-0.2, -0.15) is 0 Å². The first-order valence-corrected chi connectivity index (χ1v) is 6.57. The van der Waals surface area contributed by atoms with E-state index in [4.69, 9.17) is 0 Å². The van der Waals surface area contributed by atoms with Gasteiger partial charge >= 0.3 is 0 Å². The van der Waals surface area contributed by atoms with Crippen molar-refractivity contribution in [1.29, 1.82) is 0 Å². The quantitative estimate of drug-likeness (QED) is 0.873. The molecule has 86 valence electrons. The third kappa shape index (κ3) is 2.98. The number of aromatic nitrogens is 1. The van der Waals surface area contributed by atoms with Gasteiger partial charge in [-0.15, -0.1) is 0 Å². The molecule has 1 saturated heterocycles. The van der Waals surface area contributed by atoms with Crippen molar-refractivity contribution in [2.45, 2.75) is 26.4 Å². The lowest BCUT2D eigenvalue weighted by molar-refractivity contribution is 0.503. The van der Waals surface area contributed by atoms with E-state index in [-0.39, 0.29) is 0 Å². The number of hydrogen-bond donors (Lipinski definition) is 1. The topological polar surface area (TPSA) is 37.3 Å². The first-order chi connectivity index (χ1) is 7.75. The van der Waals surface area contributed by atoms with Crippen LogP contribution in [0.15, 0.2) is 29.5 Å². The molecule has 1 fully saturated rings. The summed E-state index contributed by atoms with van der Waals surface area (Å²) >= 11 is 1.82. The Balaban J connectivity index is 1.90. The summed E-state index contributed by atoms with van der Waals surface area (Å²) in [6.07, 6.45) is 3.61. The molecule has 2 rings (SSSR count). The van der Waals surface area contributed by atoms with Gasteiger partial charge in [-0.05, 0) is 23.6 Å². The van der Waals surface area contributed by atoms with E-state index >= 15 is 0 Å². The monoisotopic (exact) mass is 235 g/mol. The number of rotatable bonds is 3. The molecule has 2 heterocycles. The maximum Gasteiger partial charge on any atom is 0.157 e. The predicted octanol–water partition coefficient (Wildman–Crippen LogP) is 2.30. The van der Waals surface area contributed by atoms with Crippen molar-refractivity contribution >= 4 is 16.9 Å². The third-order valence-corrected chi connectivity index (χ3v) is 3.71. The van der Waals surface area contributed by atoms with Crippen LogP contribution < -0.4 is 5.32 Å². The molecule has 0 saturated carbocycles. The van der Waals surface area contributed by atoms with Crippen LogP contribution in [0.1, 0.15) is 19.4 Å². The second kappa shape index (κ2) is 5.34. The number of aliphatic imine (C=N–C) groups is 1. The SMILES string of the molecule is CC(C)C1CSC(=NCc2ccncc2)N1. The molecule has 1 aromatic rings. The molecule has 1 N–H and O–H groups in total. The van der Waals surface area contributed by atoms with Crippen LogP contribution in [-0.4, -0.2) is 21.9 Å². The van der Waals surface area contributed by atoms with E-state index in [1.54, 1.807) is 0 Å². The highest BCUT2D eigenvalue weighted by Gasteiger charge is 2.22. The Morgan fingerprint density at radius 1 is 1.50 bits per heavy atom. The second-order valence-electron chi connectivity index (χ2n) is 4.28. The Morgan fingerprint density at radius 3 is 2.88 bits per heavy atom. The molecule has 4 heteroatoms. The van der Waals surface area contributed by atoms with Crippen LogP contribution >= 0.6 is 11.8 Å². The summed E-state index contributed by atoms with van der Waals surface area (Å²) in [5.74, 6) is 1.80. The smallest absolute Gasteiger partial charge is 0.157 e. The molecule has 0 radical (unpaired) electrons. The van der Waals surface area contributed by atoms with Gasteiger partial charge in [0.05, 0.1) is 6.54 Å². The van der Waals surface area contributed by atoms with Crippen molar-refractivity contribution in [2.75, 3.05) is 5.75 Å². The van der Waals surface area contributed by atoms with E-state index in [0.29, 0.717) is 12.0 Å². The van der Waals surface area contributed by atoms with Crippen LogP contribution in [0.2, 0.25) is 0 Å². The maximum absolute atomic E-state index is 4.57. The van der Waals surface area contributed by atoms with Gasteiger partial charge in [0.15, 0.2) is 5.17 Å². The summed E-state index contributed by atoms with van der Waals surface area (Å²) in [6.45, 7) is 5.22. The zero-order chi connectivity index (χ0) is 11.4. The molecule has 1 aromatic heterocycles. The van der Waals surface area contributed by atoms with Crippen molar-refractivity contribution in [3.8, 4) is 0 Å². The molecule has 3 nitrogen and oxygen atoms in total. The Bertz CT molecular complexity index is 362. The van der Waals surface area contributed by atoms with Crippen LogP contribution in [0, 0.1) is 5.92 Å². The Kier molecular flexibility index (Phi) is 3.83. The highest BCUT2D eigenvalue weighted by atomic mass is 32.2. The molecule has 16 heavy (non-hydrogen) atoms. The van der Waals surface area contributed by atoms with E-state index in [1.165, 1.54) is 5.56 Å². The van der Waals surface area contributed by atoms with Crippen LogP contribution in [0.3, 0.4) is 0 Å². The van der Waals surface area contributed by atoms with E-state index in [1.807, 2.05) is 36.3 Å². The van der Waals surface area contributed by atoms with Crippen LogP contribution in [0.5, 0.6) is 0 Å². The Labute approximate surface area is 101 Å². The summed E-state index contributed by atoms with van der Waals surface area (Å²) in [5.41, 5.74) is 1.21. The number of hydrogen-bond acceptors (Lipinski definition) is 3. The number of pyridine rings is 1. The molecule has 1 unspecified atom stereocenters. The number of nitrogens with zero attached hydrogens (tertiary/aromatic N) is 2. The minimum absolute atomic E-state index is 0.571. The van der Waals surface area contributed by atoms with Gasteiger partial charge in [0.2, 0.25) is 0 Å². The van der Waals surface area contributed by atoms with Gasteiger partial charge < -0.3 is 5.32 Å². The summed E-state index contributed by atoms with van der Waals surface area (Å²) in [5, 5.41) is 4.54. The van der Waals surface area contributed by atoms with Crippen molar-refractivity contribution in [1.82, 2.24) is 10.3 Å². The third-order valence-electron chi connectivity index (χ3n) is 2.67. The fourth-order valence-corrected chi connectivity index (χ4v) is 2.71. The minimum atomic E-state index is 0.571. The molecule has 0 aromatic carbocycles. The normalized spacial score (nSPS) is 22.7. The zero-order valence-electron chi connectivity index (χ0n) is 9.68. The first kappa shape index (κ1) is 11.5. The van der Waals surface area contributed by atoms with E-state index in [9.17, 15) is 0 Å². The summed E-state index contributed by atoms with van der Waals surface area (Å²) in [6, 6.07) is 4.58. The van der Waals surface area contributed by atoms with Gasteiger partial charge in [0.1, 0.15) is 0 Å². The van der Waals surface area contributed by atoms with Crippen molar-refractivity contribution < 1.29 is 0 Å². The Morgan fingerprint density at radius 2 is 2.25 bits per heavy atom. The largest absolute Gasteiger partial charge is 0.361 e. The second-order valence-corrected chi connectivity index (χ2v) is 5.29. The predicted molar refractivity (Wildman–Crippen MR) is 69.6 cm³/mol. The molecular weight excluding hydrogens is 218 g/mol. The lowest BCUT2D eigenvalue weighted by Gasteiger charge is -2.13. The number of nitrogens with one attached hydrogen (secondary N) is 1. The number of thioether (sulfide) groups is 1. The van der Waals surface area contributed by atoms with E-state index < -0.39 is 0 Å². The van der Waals surface area contributed by atoms with Crippen LogP contribution in [0.4, 0.5) is 0 Å². The maximum atomic E-state index is 4.57. The molecule has 1 atom stereocenters. The van der Waals surface area contributed by atoms with Crippen molar-refractivity contribution in [3.05, 3.63) is 30.1 Å². The Hall–Kier alpha value is -1.03. The fourth-order valence-electron chi connectivity index (χ4n) is 1.51. The molecule has 0 spiro atoms. The minimum Gasteiger partial charge on any atom is -0.361 e. The molecular formula is C12H17N3S. The fraction of sp³-hybridized carbons (Fsp3) is 0.500. The van der Waals surface area contributed by atoms with E-state index in [0.717, 1.165) is 17.5 Å². The average molecular weight is 235 g/mol. The lowest BCUT2D eigenvalue weighted by atomic mass is 10.1. The highest BCUT2D eigenvalue weighted by Crippen LogP contribution is 2.19. The average Bonchev–Trinajstić information content (AvgIpc) is 2.76. The summed E-state index contributed by atoms with van der Waals surface area (Å²) < 4.78 is 0. The van der Waals surface area contributed by atoms with Gasteiger partial charge in [-0.1, -0.05) is 25.6 Å². The van der Waals surface area contributed by atoms with Gasteiger partial charge in [-0.3, -0.25) is 9.98 Å². The van der Waals surface area contributed by atoms with Crippen LogP contribution in [-0.2, 0) is 6.54 Å².